The van der Waals surface area contributed by atoms with Crippen LogP contribution in [-0.2, 0) is 9.53 Å². The van der Waals surface area contributed by atoms with Gasteiger partial charge in [0, 0.05) is 24.2 Å². The molecule has 5 rings (SSSR count). The number of fused-ring (bicyclic) bond motifs is 4. The number of benzene rings is 1. The molecule has 3 fully saturated rings. The first kappa shape index (κ1) is 25.6. The molecule has 35 heavy (non-hydrogen) atoms. The van der Waals surface area contributed by atoms with Gasteiger partial charge >= 0.3 is 5.97 Å². The molecule has 0 radical (unpaired) electrons. The molecule has 7 heteroatoms. The Morgan fingerprint density at radius 2 is 2.09 bits per heavy atom. The third-order valence-corrected chi connectivity index (χ3v) is 7.48. The number of rotatable bonds is 7. The fourth-order valence-corrected chi connectivity index (χ4v) is 5.81. The van der Waals surface area contributed by atoms with Gasteiger partial charge in [-0.05, 0) is 88.3 Å². The van der Waals surface area contributed by atoms with Crippen molar-refractivity contribution in [3.63, 3.8) is 0 Å². The van der Waals surface area contributed by atoms with E-state index in [1.807, 2.05) is 46.0 Å². The number of ether oxygens (including phenoxy) is 1. The van der Waals surface area contributed by atoms with Gasteiger partial charge in [-0.3, -0.25) is 9.88 Å². The van der Waals surface area contributed by atoms with Crippen LogP contribution < -0.4 is 10.6 Å². The van der Waals surface area contributed by atoms with E-state index in [1.54, 1.807) is 0 Å². The summed E-state index contributed by atoms with van der Waals surface area (Å²) in [4.78, 5) is 19.9. The highest BCUT2D eigenvalue weighted by Gasteiger charge is 2.43. The number of esters is 1. The largest absolute Gasteiger partial charge is 0.458 e. The number of thiocarbonyl (C=S) groups is 1. The summed E-state index contributed by atoms with van der Waals surface area (Å²) in [5, 5.41) is 8.44. The molecule has 2 N–H and O–H groups in total. The summed E-state index contributed by atoms with van der Waals surface area (Å²) >= 11 is 5.78. The highest BCUT2D eigenvalue weighted by molar-refractivity contribution is 7.80. The van der Waals surface area contributed by atoms with Gasteiger partial charge in [-0.15, -0.1) is 6.58 Å². The van der Waals surface area contributed by atoms with Gasteiger partial charge in [0.15, 0.2) is 5.11 Å². The Labute approximate surface area is 214 Å². The lowest BCUT2D eigenvalue weighted by molar-refractivity contribution is -0.157. The minimum absolute atomic E-state index is 0.0346. The van der Waals surface area contributed by atoms with Crippen LogP contribution in [0.15, 0.2) is 49.2 Å². The molecule has 6 atom stereocenters. The second kappa shape index (κ2) is 10.6. The van der Waals surface area contributed by atoms with Crippen LogP contribution in [-0.4, -0.2) is 51.7 Å². The van der Waals surface area contributed by atoms with Gasteiger partial charge in [0.25, 0.3) is 0 Å². The molecule has 0 amide bonds. The first-order valence-electron chi connectivity index (χ1n) is 12.7. The SMILES string of the molecule is C=CC1CN2CCC1CC2C(NC(=S)NC(CC)C(=O)OC(C)(C)C)c1ccnc2ccccc12. The molecule has 1 aromatic heterocycles. The van der Waals surface area contributed by atoms with Crippen molar-refractivity contribution in [2.24, 2.45) is 11.8 Å². The Bertz CT molecular complexity index is 1080. The van der Waals surface area contributed by atoms with Gasteiger partial charge in [0.1, 0.15) is 11.6 Å². The minimum atomic E-state index is -0.546. The summed E-state index contributed by atoms with van der Waals surface area (Å²) in [6.07, 6.45) is 6.86. The zero-order valence-corrected chi connectivity index (χ0v) is 22.1. The van der Waals surface area contributed by atoms with E-state index in [1.165, 1.54) is 12.0 Å². The zero-order chi connectivity index (χ0) is 25.2. The molecular weight excluding hydrogens is 456 g/mol. The van der Waals surface area contributed by atoms with E-state index in [9.17, 15) is 4.79 Å². The molecule has 3 aliphatic rings. The van der Waals surface area contributed by atoms with Crippen molar-refractivity contribution in [1.82, 2.24) is 20.5 Å². The summed E-state index contributed by atoms with van der Waals surface area (Å²) < 4.78 is 5.60. The molecule has 1 aromatic carbocycles. The van der Waals surface area contributed by atoms with E-state index in [2.05, 4.69) is 51.4 Å². The predicted molar refractivity (Wildman–Crippen MR) is 145 cm³/mol. The Morgan fingerprint density at radius 1 is 1.31 bits per heavy atom. The molecule has 3 aliphatic heterocycles. The summed E-state index contributed by atoms with van der Waals surface area (Å²) in [6, 6.07) is 10.1. The van der Waals surface area contributed by atoms with E-state index in [0.29, 0.717) is 23.4 Å². The summed E-state index contributed by atoms with van der Waals surface area (Å²) in [5.41, 5.74) is 1.60. The number of carbonyl (C=O) groups excluding carboxylic acids is 1. The van der Waals surface area contributed by atoms with Crippen LogP contribution in [0, 0.1) is 11.8 Å². The topological polar surface area (TPSA) is 66.5 Å². The molecule has 0 saturated carbocycles. The van der Waals surface area contributed by atoms with Crippen molar-refractivity contribution < 1.29 is 9.53 Å². The fourth-order valence-electron chi connectivity index (χ4n) is 5.54. The molecule has 2 aromatic rings. The minimum Gasteiger partial charge on any atom is -0.458 e. The molecule has 0 spiro atoms. The smallest absolute Gasteiger partial charge is 0.329 e. The Morgan fingerprint density at radius 3 is 2.74 bits per heavy atom. The molecule has 6 unspecified atom stereocenters. The molecule has 188 valence electrons. The zero-order valence-electron chi connectivity index (χ0n) is 21.3. The first-order valence-corrected chi connectivity index (χ1v) is 13.1. The van der Waals surface area contributed by atoms with Crippen molar-refractivity contribution >= 4 is 34.2 Å². The lowest BCUT2D eigenvalue weighted by atomic mass is 9.73. The van der Waals surface area contributed by atoms with E-state index in [-0.39, 0.29) is 18.1 Å². The number of carbonyl (C=O) groups is 1. The highest BCUT2D eigenvalue weighted by atomic mass is 32.1. The molecule has 2 bridgehead atoms. The van der Waals surface area contributed by atoms with Crippen molar-refractivity contribution in [2.45, 2.75) is 70.7 Å². The van der Waals surface area contributed by atoms with Crippen LogP contribution >= 0.6 is 12.2 Å². The quantitative estimate of drug-likeness (QED) is 0.327. The van der Waals surface area contributed by atoms with Crippen LogP contribution in [0.1, 0.15) is 58.6 Å². The van der Waals surface area contributed by atoms with Crippen LogP contribution in [0.3, 0.4) is 0 Å². The van der Waals surface area contributed by atoms with Crippen LogP contribution in [0.5, 0.6) is 0 Å². The summed E-state index contributed by atoms with van der Waals surface area (Å²) in [7, 11) is 0. The number of hydrogen-bond donors (Lipinski definition) is 2. The molecule has 3 saturated heterocycles. The Hall–Kier alpha value is -2.51. The standard InChI is InChI=1S/C28H38N4O2S/c1-6-18-17-32-15-13-19(18)16-24(32)25(21-12-14-29-23-11-9-8-10-20(21)23)31-27(35)30-22(7-2)26(33)34-28(3,4)5/h6,8-12,14,18-19,22,24-25H,1,7,13,15-17H2,2-5H3,(H2,30,31,35). The van der Waals surface area contributed by atoms with Crippen LogP contribution in [0.25, 0.3) is 10.9 Å². The van der Waals surface area contributed by atoms with Gasteiger partial charge < -0.3 is 15.4 Å². The predicted octanol–water partition coefficient (Wildman–Crippen LogP) is 4.76. The molecular formula is C28H38N4O2S. The highest BCUT2D eigenvalue weighted by Crippen LogP contribution is 2.42. The van der Waals surface area contributed by atoms with E-state index >= 15 is 0 Å². The van der Waals surface area contributed by atoms with Gasteiger partial charge in [-0.25, -0.2) is 4.79 Å². The van der Waals surface area contributed by atoms with Gasteiger partial charge in [0.2, 0.25) is 0 Å². The average molecular weight is 495 g/mol. The number of pyridine rings is 1. The van der Waals surface area contributed by atoms with E-state index in [0.717, 1.165) is 30.4 Å². The normalized spacial score (nSPS) is 25.5. The van der Waals surface area contributed by atoms with Crippen molar-refractivity contribution in [3.05, 3.63) is 54.7 Å². The van der Waals surface area contributed by atoms with Crippen molar-refractivity contribution in [2.75, 3.05) is 13.1 Å². The van der Waals surface area contributed by atoms with Crippen molar-refractivity contribution in [3.8, 4) is 0 Å². The third kappa shape index (κ3) is 5.84. The summed E-state index contributed by atoms with van der Waals surface area (Å²) in [5.74, 6) is 0.882. The third-order valence-electron chi connectivity index (χ3n) is 7.25. The van der Waals surface area contributed by atoms with Crippen LogP contribution in [0.4, 0.5) is 0 Å². The Balaban J connectivity index is 1.61. The number of nitrogens with one attached hydrogen (secondary N) is 2. The number of nitrogens with zero attached hydrogens (tertiary/aromatic N) is 2. The second-order valence-corrected chi connectivity index (χ2v) is 11.2. The van der Waals surface area contributed by atoms with Gasteiger partial charge in [0.05, 0.1) is 11.6 Å². The number of piperidine rings is 3. The lowest BCUT2D eigenvalue weighted by Gasteiger charge is -2.52. The van der Waals surface area contributed by atoms with Gasteiger partial charge in [-0.2, -0.15) is 0 Å². The first-order chi connectivity index (χ1) is 16.7. The molecule has 6 nitrogen and oxygen atoms in total. The van der Waals surface area contributed by atoms with E-state index in [4.69, 9.17) is 17.0 Å². The maximum absolute atomic E-state index is 12.7. The lowest BCUT2D eigenvalue weighted by Crippen LogP contribution is -2.58. The number of hydrogen-bond acceptors (Lipinski definition) is 5. The van der Waals surface area contributed by atoms with Gasteiger partial charge in [-0.1, -0.05) is 31.2 Å². The monoisotopic (exact) mass is 494 g/mol. The average Bonchev–Trinajstić information content (AvgIpc) is 2.84. The molecule has 0 aliphatic carbocycles. The number of aromatic nitrogens is 1. The van der Waals surface area contributed by atoms with E-state index < -0.39 is 11.6 Å². The maximum atomic E-state index is 12.7. The second-order valence-electron chi connectivity index (χ2n) is 10.8. The summed E-state index contributed by atoms with van der Waals surface area (Å²) in [6.45, 7) is 13.8. The number of para-hydroxylation sites is 1. The van der Waals surface area contributed by atoms with Crippen LogP contribution in [0.2, 0.25) is 0 Å². The maximum Gasteiger partial charge on any atom is 0.329 e. The van der Waals surface area contributed by atoms with Crippen molar-refractivity contribution in [1.29, 1.82) is 0 Å². The fraction of sp³-hybridized carbons (Fsp3) is 0.536. The Kier molecular flexibility index (Phi) is 7.77. The molecule has 4 heterocycles.